The summed E-state index contributed by atoms with van der Waals surface area (Å²) in [6.45, 7) is 10.9. The van der Waals surface area contributed by atoms with Gasteiger partial charge < -0.3 is 8.97 Å². The summed E-state index contributed by atoms with van der Waals surface area (Å²) in [5, 5.41) is 3.75. The van der Waals surface area contributed by atoms with E-state index in [1.54, 1.807) is 0 Å². The predicted molar refractivity (Wildman–Crippen MR) is 165 cm³/mol. The number of rotatable bonds is 29. The third-order valence-electron chi connectivity index (χ3n) is 8.14. The number of hydrogen-bond acceptors (Lipinski definition) is 1. The van der Waals surface area contributed by atoms with Crippen LogP contribution in [0.4, 0.5) is 0 Å². The topological polar surface area (TPSA) is 12.0 Å². The molecule has 218 valence electrons. The maximum absolute atomic E-state index is 3.75. The Morgan fingerprint density at radius 2 is 0.667 bits per heavy atom. The summed E-state index contributed by atoms with van der Waals surface area (Å²) in [5.41, 5.74) is 0. The number of unbranched alkanes of at least 4 members (excludes halogenated alkanes) is 19. The number of nitrogens with one attached hydrogen (secondary N) is 1. The molecule has 0 aliphatic carbocycles. The first kappa shape index (κ1) is 35.9. The van der Waals surface area contributed by atoms with Crippen LogP contribution in [0, 0.1) is 0 Å². The summed E-state index contributed by atoms with van der Waals surface area (Å²) >= 11 is 0. The number of nitrogens with zero attached hydrogens (tertiary/aromatic N) is 2. The zero-order valence-corrected chi connectivity index (χ0v) is 26.5. The van der Waals surface area contributed by atoms with Gasteiger partial charge >= 0.3 is 0 Å². The van der Waals surface area contributed by atoms with E-state index in [2.05, 4.69) is 47.4 Å². The second-order valence-electron chi connectivity index (χ2n) is 13.3. The highest BCUT2D eigenvalue weighted by Gasteiger charge is 2.15. The standard InChI is InChI=1S/C33H73N3/c1-7-9-11-13-15-17-19-21-23-26-30-35(3,4)31-28-25-29-34-33-36(5,6)32-27-24-22-20-18-16-14-12-10-8-2/h34H,7-33H2,1-6H3/q+2. The molecule has 0 atom stereocenters. The second kappa shape index (κ2) is 25.2. The zero-order chi connectivity index (χ0) is 26.8. The van der Waals surface area contributed by atoms with E-state index < -0.39 is 0 Å². The number of hydrogen-bond donors (Lipinski definition) is 1. The molecule has 0 aliphatic rings. The molecule has 0 rings (SSSR count). The van der Waals surface area contributed by atoms with Crippen LogP contribution in [0.25, 0.3) is 0 Å². The Hall–Kier alpha value is -0.120. The van der Waals surface area contributed by atoms with Gasteiger partial charge in [0, 0.05) is 6.54 Å². The molecule has 0 aliphatic heterocycles. The van der Waals surface area contributed by atoms with Gasteiger partial charge in [-0.25, -0.2) is 0 Å². The van der Waals surface area contributed by atoms with Crippen molar-refractivity contribution in [2.45, 2.75) is 155 Å². The fourth-order valence-electron chi connectivity index (χ4n) is 5.42. The molecule has 0 aromatic rings. The van der Waals surface area contributed by atoms with Crippen molar-refractivity contribution >= 4 is 0 Å². The Labute approximate surface area is 230 Å². The summed E-state index contributed by atoms with van der Waals surface area (Å²) in [6.07, 6.45) is 31.4. The molecule has 1 N–H and O–H groups in total. The van der Waals surface area contributed by atoms with E-state index in [0.717, 1.165) is 11.2 Å². The van der Waals surface area contributed by atoms with Gasteiger partial charge in [-0.15, -0.1) is 0 Å². The third-order valence-corrected chi connectivity index (χ3v) is 8.14. The maximum Gasteiger partial charge on any atom is 0.132 e. The fraction of sp³-hybridized carbons (Fsp3) is 1.00. The summed E-state index contributed by atoms with van der Waals surface area (Å²) in [5.74, 6) is 0. The van der Waals surface area contributed by atoms with Crippen LogP contribution in [0.5, 0.6) is 0 Å². The van der Waals surface area contributed by atoms with E-state index in [1.165, 1.54) is 172 Å². The van der Waals surface area contributed by atoms with Crippen LogP contribution in [0.15, 0.2) is 0 Å². The van der Waals surface area contributed by atoms with E-state index in [-0.39, 0.29) is 0 Å². The monoisotopic (exact) mass is 512 g/mol. The predicted octanol–water partition coefficient (Wildman–Crippen LogP) is 9.31. The molecule has 0 fully saturated rings. The van der Waals surface area contributed by atoms with Crippen LogP contribution in [0.1, 0.15) is 155 Å². The summed E-state index contributed by atoms with van der Waals surface area (Å²) < 4.78 is 2.33. The molecule has 36 heavy (non-hydrogen) atoms. The van der Waals surface area contributed by atoms with Crippen molar-refractivity contribution in [3.8, 4) is 0 Å². The highest BCUT2D eigenvalue weighted by atomic mass is 15.4. The van der Waals surface area contributed by atoms with Crippen molar-refractivity contribution in [3.63, 3.8) is 0 Å². The Kier molecular flexibility index (Phi) is 25.1. The first-order valence-electron chi connectivity index (χ1n) is 16.7. The molecule has 3 heteroatoms. The number of quaternary nitrogens is 2. The lowest BCUT2D eigenvalue weighted by molar-refractivity contribution is -0.893. The molecule has 0 saturated heterocycles. The van der Waals surface area contributed by atoms with Crippen molar-refractivity contribution in [1.82, 2.24) is 5.32 Å². The molecule has 0 heterocycles. The zero-order valence-electron chi connectivity index (χ0n) is 26.5. The Morgan fingerprint density at radius 3 is 1.06 bits per heavy atom. The minimum absolute atomic E-state index is 1.12. The Balaban J connectivity index is 3.53. The molecule has 0 aromatic carbocycles. The van der Waals surface area contributed by atoms with E-state index in [1.807, 2.05) is 0 Å². The minimum Gasteiger partial charge on any atom is -0.328 e. The van der Waals surface area contributed by atoms with Crippen molar-refractivity contribution < 1.29 is 8.97 Å². The fourth-order valence-corrected chi connectivity index (χ4v) is 5.42. The van der Waals surface area contributed by atoms with Crippen LogP contribution in [-0.4, -0.2) is 70.0 Å². The van der Waals surface area contributed by atoms with Crippen LogP contribution < -0.4 is 5.32 Å². The van der Waals surface area contributed by atoms with Crippen LogP contribution in [0.2, 0.25) is 0 Å². The van der Waals surface area contributed by atoms with Crippen molar-refractivity contribution in [3.05, 3.63) is 0 Å². The summed E-state index contributed by atoms with van der Waals surface area (Å²) in [6, 6.07) is 0. The Bertz CT molecular complexity index is 393. The van der Waals surface area contributed by atoms with E-state index >= 15 is 0 Å². The van der Waals surface area contributed by atoms with E-state index in [0.29, 0.717) is 0 Å². The first-order valence-corrected chi connectivity index (χ1v) is 16.7. The normalized spacial score (nSPS) is 12.5. The smallest absolute Gasteiger partial charge is 0.132 e. The molecule has 0 radical (unpaired) electrons. The van der Waals surface area contributed by atoms with Gasteiger partial charge in [-0.05, 0) is 38.5 Å². The van der Waals surface area contributed by atoms with Gasteiger partial charge in [0.2, 0.25) is 0 Å². The SMILES string of the molecule is CCCCCCCCCCCC[N+](C)(C)CCCCNC[N+](C)(C)CCCCCCCCCCCC. The summed E-state index contributed by atoms with van der Waals surface area (Å²) in [7, 11) is 9.67. The quantitative estimate of drug-likeness (QED) is 0.0599. The van der Waals surface area contributed by atoms with Crippen molar-refractivity contribution in [2.24, 2.45) is 0 Å². The molecule has 0 unspecified atom stereocenters. The lowest BCUT2D eigenvalue weighted by Crippen LogP contribution is -2.47. The average molecular weight is 512 g/mol. The van der Waals surface area contributed by atoms with Crippen LogP contribution >= 0.6 is 0 Å². The lowest BCUT2D eigenvalue weighted by Gasteiger charge is -2.31. The lowest BCUT2D eigenvalue weighted by atomic mass is 10.1. The molecule has 0 amide bonds. The van der Waals surface area contributed by atoms with Gasteiger partial charge in [0.15, 0.2) is 0 Å². The van der Waals surface area contributed by atoms with E-state index in [9.17, 15) is 0 Å². The van der Waals surface area contributed by atoms with Gasteiger partial charge in [-0.1, -0.05) is 117 Å². The van der Waals surface area contributed by atoms with Crippen LogP contribution in [0.3, 0.4) is 0 Å². The summed E-state index contributed by atoms with van der Waals surface area (Å²) in [4.78, 5) is 0. The molecular weight excluding hydrogens is 438 g/mol. The van der Waals surface area contributed by atoms with Gasteiger partial charge in [0.1, 0.15) is 6.67 Å². The highest BCUT2D eigenvalue weighted by molar-refractivity contribution is 4.50. The first-order chi connectivity index (χ1) is 17.3. The molecule has 3 nitrogen and oxygen atoms in total. The average Bonchev–Trinajstić information content (AvgIpc) is 2.83. The van der Waals surface area contributed by atoms with Crippen LogP contribution in [-0.2, 0) is 0 Å². The molecule has 0 bridgehead atoms. The molecule has 0 spiro atoms. The molecule has 0 saturated carbocycles. The van der Waals surface area contributed by atoms with Crippen molar-refractivity contribution in [2.75, 3.05) is 61.0 Å². The Morgan fingerprint density at radius 1 is 0.361 bits per heavy atom. The van der Waals surface area contributed by atoms with Gasteiger partial charge in [0.25, 0.3) is 0 Å². The third kappa shape index (κ3) is 26.9. The molecule has 0 aromatic heterocycles. The van der Waals surface area contributed by atoms with Crippen molar-refractivity contribution in [1.29, 1.82) is 0 Å². The van der Waals surface area contributed by atoms with Gasteiger partial charge in [-0.3, -0.25) is 5.32 Å². The van der Waals surface area contributed by atoms with E-state index in [4.69, 9.17) is 0 Å². The molecular formula is C33H73N3+2. The van der Waals surface area contributed by atoms with Gasteiger partial charge in [-0.2, -0.15) is 0 Å². The minimum atomic E-state index is 1.12. The second-order valence-corrected chi connectivity index (χ2v) is 13.3. The maximum atomic E-state index is 3.75. The highest BCUT2D eigenvalue weighted by Crippen LogP contribution is 2.13. The van der Waals surface area contributed by atoms with Gasteiger partial charge in [0.05, 0.1) is 47.8 Å². The largest absolute Gasteiger partial charge is 0.328 e.